The summed E-state index contributed by atoms with van der Waals surface area (Å²) in [6.45, 7) is 4.75. The number of hydrogen-bond donors (Lipinski definition) is 1. The van der Waals surface area contributed by atoms with Gasteiger partial charge in [0.25, 0.3) is 0 Å². The Kier molecular flexibility index (Phi) is 5.08. The van der Waals surface area contributed by atoms with E-state index in [0.29, 0.717) is 13.0 Å². The Morgan fingerprint density at radius 3 is 2.68 bits per heavy atom. The van der Waals surface area contributed by atoms with Gasteiger partial charge in [0.2, 0.25) is 0 Å². The molecule has 22 heavy (non-hydrogen) atoms. The third-order valence-corrected chi connectivity index (χ3v) is 7.05. The second-order valence-corrected chi connectivity index (χ2v) is 10.7. The summed E-state index contributed by atoms with van der Waals surface area (Å²) in [6, 6.07) is 12.5. The topological polar surface area (TPSA) is 47.3 Å². The highest BCUT2D eigenvalue weighted by molar-refractivity contribution is 6.96. The first kappa shape index (κ1) is 16.8. The van der Waals surface area contributed by atoms with Crippen LogP contribution in [0.4, 0.5) is 0 Å². The Hall–Kier alpha value is -1.59. The molecule has 3 nitrogen and oxygen atoms in total. The average Bonchev–Trinajstić information content (AvgIpc) is 2.89. The summed E-state index contributed by atoms with van der Waals surface area (Å²) in [7, 11) is 0.0130. The second kappa shape index (κ2) is 6.67. The molecule has 0 radical (unpaired) electrons. The summed E-state index contributed by atoms with van der Waals surface area (Å²) < 4.78 is 0. The maximum Gasteiger partial charge on any atom is 0.162 e. The molecule has 1 aromatic rings. The van der Waals surface area contributed by atoms with Gasteiger partial charge in [0.05, 0.1) is 18.7 Å². The van der Waals surface area contributed by atoms with Crippen LogP contribution in [0.1, 0.15) is 19.3 Å². The lowest BCUT2D eigenvalue weighted by Crippen LogP contribution is -2.48. The fourth-order valence-electron chi connectivity index (χ4n) is 3.11. The van der Waals surface area contributed by atoms with Crippen molar-refractivity contribution in [3.8, 4) is 17.5 Å². The molecule has 1 saturated carbocycles. The lowest BCUT2D eigenvalue weighted by molar-refractivity contribution is 0.0342. The maximum absolute atomic E-state index is 11.0. The van der Waals surface area contributed by atoms with Crippen LogP contribution in [0.3, 0.4) is 0 Å². The molecule has 116 valence electrons. The molecule has 2 atom stereocenters. The van der Waals surface area contributed by atoms with Crippen LogP contribution in [0.15, 0.2) is 30.3 Å². The molecule has 1 N–H and O–H groups in total. The molecule has 0 amide bonds. The van der Waals surface area contributed by atoms with E-state index in [1.807, 2.05) is 30.1 Å². The fraction of sp³-hybridized carbons (Fsp3) is 0.500. The van der Waals surface area contributed by atoms with E-state index >= 15 is 0 Å². The molecule has 0 spiro atoms. The molecule has 0 saturated heterocycles. The molecule has 4 heteroatoms. The first-order valence-electron chi connectivity index (χ1n) is 7.78. The van der Waals surface area contributed by atoms with Crippen molar-refractivity contribution in [2.75, 3.05) is 13.6 Å². The number of nitrogens with zero attached hydrogens (tertiary/aromatic N) is 2. The minimum atomic E-state index is -1.88. The smallest absolute Gasteiger partial charge is 0.162 e. The van der Waals surface area contributed by atoms with Gasteiger partial charge in [-0.1, -0.05) is 49.3 Å². The molecule has 1 fully saturated rings. The van der Waals surface area contributed by atoms with Gasteiger partial charge in [0.1, 0.15) is 5.60 Å². The molecule has 0 unspecified atom stereocenters. The summed E-state index contributed by atoms with van der Waals surface area (Å²) in [6.07, 6.45) is 2.55. The number of hydrogen-bond acceptors (Lipinski definition) is 3. The third-order valence-electron chi connectivity index (χ3n) is 4.53. The lowest BCUT2D eigenvalue weighted by Gasteiger charge is -2.31. The van der Waals surface area contributed by atoms with Gasteiger partial charge in [0.15, 0.2) is 8.07 Å². The molecule has 2 rings (SSSR count). The van der Waals surface area contributed by atoms with Gasteiger partial charge in [-0.3, -0.25) is 4.90 Å². The molecular formula is C18H24N2OSi. The molecule has 1 aromatic carbocycles. The average molecular weight is 312 g/mol. The van der Waals surface area contributed by atoms with Crippen molar-refractivity contribution in [1.82, 2.24) is 4.90 Å². The van der Waals surface area contributed by atoms with Crippen LogP contribution in [-0.4, -0.2) is 43.3 Å². The standard InChI is InChI=1S/C18H24N2OSi/c1-20(14-13-19)17-10-7-11-18(17,21)12-15-22(2,3)16-8-5-4-6-9-16/h4-6,8-9,17,21H,7,10-11,14H2,1-3H3/t17-,18-/m0/s1. The van der Waals surface area contributed by atoms with Crippen LogP contribution < -0.4 is 5.19 Å². The van der Waals surface area contributed by atoms with Crippen LogP contribution in [0.25, 0.3) is 0 Å². The van der Waals surface area contributed by atoms with Crippen LogP contribution in [0.5, 0.6) is 0 Å². The molecule has 0 aromatic heterocycles. The van der Waals surface area contributed by atoms with Gasteiger partial charge in [-0.15, -0.1) is 5.54 Å². The third kappa shape index (κ3) is 3.59. The predicted octanol–water partition coefficient (Wildman–Crippen LogP) is 1.88. The van der Waals surface area contributed by atoms with E-state index < -0.39 is 13.7 Å². The Morgan fingerprint density at radius 1 is 1.36 bits per heavy atom. The highest BCUT2D eigenvalue weighted by Crippen LogP contribution is 2.32. The SMILES string of the molecule is CN(CC#N)[C@H]1CCC[C@]1(O)C#C[Si](C)(C)c1ccccc1. The van der Waals surface area contributed by atoms with E-state index in [9.17, 15) is 5.11 Å². The van der Waals surface area contributed by atoms with E-state index in [4.69, 9.17) is 5.26 Å². The van der Waals surface area contributed by atoms with Gasteiger partial charge in [-0.05, 0) is 31.5 Å². The zero-order valence-corrected chi connectivity index (χ0v) is 14.6. The van der Waals surface area contributed by atoms with Gasteiger partial charge in [-0.25, -0.2) is 0 Å². The van der Waals surface area contributed by atoms with Crippen LogP contribution in [-0.2, 0) is 0 Å². The monoisotopic (exact) mass is 312 g/mol. The van der Waals surface area contributed by atoms with Crippen molar-refractivity contribution in [2.45, 2.75) is 44.0 Å². The Balaban J connectivity index is 2.24. The van der Waals surface area contributed by atoms with Crippen molar-refractivity contribution in [2.24, 2.45) is 0 Å². The normalized spacial score (nSPS) is 24.6. The first-order chi connectivity index (χ1) is 10.4. The van der Waals surface area contributed by atoms with Crippen LogP contribution in [0, 0.1) is 22.8 Å². The summed E-state index contributed by atoms with van der Waals surface area (Å²) in [5.74, 6) is 3.20. The minimum Gasteiger partial charge on any atom is -0.376 e. The number of rotatable bonds is 3. The van der Waals surface area contributed by atoms with Crippen LogP contribution in [0.2, 0.25) is 13.1 Å². The second-order valence-electron chi connectivity index (χ2n) is 6.65. The molecule has 0 bridgehead atoms. The molecule has 0 aliphatic heterocycles. The first-order valence-corrected chi connectivity index (χ1v) is 10.8. The number of benzene rings is 1. The van der Waals surface area contributed by atoms with E-state index in [1.165, 1.54) is 5.19 Å². The zero-order chi connectivity index (χ0) is 16.2. The Bertz CT molecular complexity index is 611. The van der Waals surface area contributed by atoms with E-state index in [2.05, 4.69) is 42.8 Å². The van der Waals surface area contributed by atoms with Gasteiger partial charge >= 0.3 is 0 Å². The Morgan fingerprint density at radius 2 is 2.05 bits per heavy atom. The maximum atomic E-state index is 11.0. The minimum absolute atomic E-state index is 0.0415. The summed E-state index contributed by atoms with van der Waals surface area (Å²) >= 11 is 0. The quantitative estimate of drug-likeness (QED) is 0.527. The van der Waals surface area contributed by atoms with Gasteiger partial charge in [0, 0.05) is 0 Å². The fourth-order valence-corrected chi connectivity index (χ4v) is 4.81. The zero-order valence-electron chi connectivity index (χ0n) is 13.6. The highest BCUT2D eigenvalue weighted by atomic mass is 28.3. The molecular weight excluding hydrogens is 288 g/mol. The van der Waals surface area contributed by atoms with E-state index in [1.54, 1.807) is 0 Å². The van der Waals surface area contributed by atoms with Crippen molar-refractivity contribution < 1.29 is 5.11 Å². The van der Waals surface area contributed by atoms with Gasteiger partial charge in [-0.2, -0.15) is 5.26 Å². The van der Waals surface area contributed by atoms with E-state index in [-0.39, 0.29) is 6.04 Å². The highest BCUT2D eigenvalue weighted by Gasteiger charge is 2.42. The van der Waals surface area contributed by atoms with E-state index in [0.717, 1.165) is 12.8 Å². The van der Waals surface area contributed by atoms with Gasteiger partial charge < -0.3 is 5.11 Å². The molecule has 1 aliphatic rings. The van der Waals surface area contributed by atoms with Crippen molar-refractivity contribution >= 4 is 13.3 Å². The molecule has 1 aliphatic carbocycles. The van der Waals surface area contributed by atoms with Crippen LogP contribution >= 0.6 is 0 Å². The Labute approximate surface area is 134 Å². The predicted molar refractivity (Wildman–Crippen MR) is 92.2 cm³/mol. The van der Waals surface area contributed by atoms with Crippen molar-refractivity contribution in [3.05, 3.63) is 30.3 Å². The summed E-state index contributed by atoms with van der Waals surface area (Å²) in [5.41, 5.74) is 2.43. The summed E-state index contributed by atoms with van der Waals surface area (Å²) in [4.78, 5) is 1.93. The lowest BCUT2D eigenvalue weighted by atomic mass is 9.98. The number of likely N-dealkylation sites (N-methyl/N-ethyl adjacent to an activating group) is 1. The summed E-state index contributed by atoms with van der Waals surface area (Å²) in [5, 5.41) is 21.1. The number of aliphatic hydroxyl groups is 1. The molecule has 0 heterocycles. The largest absolute Gasteiger partial charge is 0.376 e. The van der Waals surface area contributed by atoms with Crippen molar-refractivity contribution in [1.29, 1.82) is 5.26 Å². The number of nitriles is 1. The van der Waals surface area contributed by atoms with Crippen molar-refractivity contribution in [3.63, 3.8) is 0 Å².